The van der Waals surface area contributed by atoms with Crippen LogP contribution >= 0.6 is 0 Å². The molecule has 2 aliphatic rings. The van der Waals surface area contributed by atoms with Crippen molar-refractivity contribution in [1.82, 2.24) is 19.9 Å². The van der Waals surface area contributed by atoms with Gasteiger partial charge in [-0.25, -0.2) is 9.97 Å². The number of nitrogens with zero attached hydrogens (tertiary/aromatic N) is 4. The predicted octanol–water partition coefficient (Wildman–Crippen LogP) is 14.2. The number of benzene rings is 8. The number of hydrogen-bond donors (Lipinski definition) is 0. The molecule has 1 atom stereocenters. The predicted molar refractivity (Wildman–Crippen MR) is 258 cm³/mol. The molecular weight excluding hydrogens is 765 g/mol. The van der Waals surface area contributed by atoms with E-state index in [0.717, 1.165) is 44.9 Å². The number of aromatic nitrogens is 4. The molecular formula is C59H36N4. The van der Waals surface area contributed by atoms with Crippen LogP contribution in [0.15, 0.2) is 207 Å². The van der Waals surface area contributed by atoms with Crippen molar-refractivity contribution in [2.75, 3.05) is 0 Å². The second-order valence-electron chi connectivity index (χ2n) is 16.6. The molecule has 8 aromatic carbocycles. The zero-order valence-electron chi connectivity index (χ0n) is 34.1. The van der Waals surface area contributed by atoms with Crippen LogP contribution < -0.4 is 0 Å². The average Bonchev–Trinajstić information content (AvgIpc) is 3.56. The van der Waals surface area contributed by atoms with Crippen LogP contribution in [0.2, 0.25) is 0 Å². The lowest BCUT2D eigenvalue weighted by molar-refractivity contribution is 0.767. The minimum absolute atomic E-state index is 0.649. The molecule has 0 saturated heterocycles. The van der Waals surface area contributed by atoms with Crippen LogP contribution in [0.3, 0.4) is 0 Å². The largest absolute Gasteiger partial charge is 0.264 e. The Kier molecular flexibility index (Phi) is 7.79. The Hall–Kier alpha value is -8.34. The van der Waals surface area contributed by atoms with E-state index in [2.05, 4.69) is 181 Å². The minimum atomic E-state index is -0.649. The monoisotopic (exact) mass is 800 g/mol. The molecule has 0 bridgehead atoms. The van der Waals surface area contributed by atoms with E-state index < -0.39 is 5.41 Å². The molecule has 63 heavy (non-hydrogen) atoms. The summed E-state index contributed by atoms with van der Waals surface area (Å²) in [6.45, 7) is 0. The lowest BCUT2D eigenvalue weighted by atomic mass is 9.65. The fourth-order valence-corrected chi connectivity index (χ4v) is 10.4. The first-order chi connectivity index (χ1) is 31.2. The van der Waals surface area contributed by atoms with Crippen LogP contribution in [0.5, 0.6) is 0 Å². The topological polar surface area (TPSA) is 51.6 Å². The molecule has 0 aliphatic heterocycles. The maximum absolute atomic E-state index is 5.34. The molecule has 0 saturated carbocycles. The van der Waals surface area contributed by atoms with Gasteiger partial charge in [-0.1, -0.05) is 152 Å². The summed E-state index contributed by atoms with van der Waals surface area (Å²) >= 11 is 0. The Balaban J connectivity index is 1.08. The standard InChI is InChI=1S/C59H36N4/c1-2-14-39(15-3-1)56-34-57(42-28-29-55(61-36-42)41-16-12-30-60-35-41)63-58(62-56)40-27-26-38-25-24-37-13-4-10-22-51(37)59(53(38)31-40)52-23-11-9-21-47(52)50-32-48-45-19-7-5-17-43(45)44-18-6-8-20-46(44)49(48)33-54(50)59/h1-36H. The van der Waals surface area contributed by atoms with Gasteiger partial charge in [0.25, 0.3) is 0 Å². The van der Waals surface area contributed by atoms with Crippen molar-refractivity contribution in [3.05, 3.63) is 240 Å². The Labute approximate surface area is 364 Å². The Morgan fingerprint density at radius 1 is 0.333 bits per heavy atom. The van der Waals surface area contributed by atoms with Crippen molar-refractivity contribution in [3.63, 3.8) is 0 Å². The second-order valence-corrected chi connectivity index (χ2v) is 16.6. The molecule has 3 aromatic heterocycles. The first-order valence-electron chi connectivity index (χ1n) is 21.4. The first-order valence-corrected chi connectivity index (χ1v) is 21.4. The second kappa shape index (κ2) is 13.8. The lowest BCUT2D eigenvalue weighted by Gasteiger charge is -2.35. The van der Waals surface area contributed by atoms with Gasteiger partial charge in [0.05, 0.1) is 22.5 Å². The Morgan fingerprint density at radius 3 is 1.67 bits per heavy atom. The van der Waals surface area contributed by atoms with Gasteiger partial charge in [0.2, 0.25) is 0 Å². The third kappa shape index (κ3) is 5.35. The molecule has 4 heteroatoms. The number of rotatable bonds is 4. The lowest BCUT2D eigenvalue weighted by Crippen LogP contribution is -2.30. The first kappa shape index (κ1) is 35.4. The van der Waals surface area contributed by atoms with E-state index in [1.54, 1.807) is 6.20 Å². The van der Waals surface area contributed by atoms with E-state index in [4.69, 9.17) is 15.0 Å². The van der Waals surface area contributed by atoms with Crippen LogP contribution in [0.4, 0.5) is 0 Å². The number of fused-ring (bicyclic) bond motifs is 15. The van der Waals surface area contributed by atoms with Crippen molar-refractivity contribution >= 4 is 44.5 Å². The highest BCUT2D eigenvalue weighted by Crippen LogP contribution is 2.60. The van der Waals surface area contributed by atoms with E-state index in [9.17, 15) is 0 Å². The van der Waals surface area contributed by atoms with Gasteiger partial charge in [-0.05, 0) is 125 Å². The van der Waals surface area contributed by atoms with Gasteiger partial charge in [-0.15, -0.1) is 0 Å². The van der Waals surface area contributed by atoms with Crippen LogP contribution in [0.1, 0.15) is 33.4 Å². The summed E-state index contributed by atoms with van der Waals surface area (Å²) in [4.78, 5) is 19.8. The summed E-state index contributed by atoms with van der Waals surface area (Å²) in [5.74, 6) is 0.657. The summed E-state index contributed by atoms with van der Waals surface area (Å²) in [5, 5.41) is 7.60. The molecule has 13 rings (SSSR count). The molecule has 0 N–H and O–H groups in total. The molecule has 1 spiro atoms. The zero-order valence-corrected chi connectivity index (χ0v) is 34.1. The molecule has 0 radical (unpaired) electrons. The summed E-state index contributed by atoms with van der Waals surface area (Å²) < 4.78 is 0. The highest BCUT2D eigenvalue weighted by atomic mass is 14.9. The van der Waals surface area contributed by atoms with Gasteiger partial charge in [-0.3, -0.25) is 9.97 Å². The molecule has 292 valence electrons. The van der Waals surface area contributed by atoms with Gasteiger partial charge >= 0.3 is 0 Å². The van der Waals surface area contributed by atoms with Crippen molar-refractivity contribution in [2.24, 2.45) is 0 Å². The Bertz CT molecular complexity index is 3670. The van der Waals surface area contributed by atoms with E-state index in [0.29, 0.717) is 5.82 Å². The fourth-order valence-electron chi connectivity index (χ4n) is 10.4. The van der Waals surface area contributed by atoms with Crippen molar-refractivity contribution in [3.8, 4) is 56.3 Å². The number of pyridine rings is 2. The molecule has 0 fully saturated rings. The molecule has 0 amide bonds. The van der Waals surface area contributed by atoms with E-state index in [1.165, 1.54) is 71.3 Å². The molecule has 4 nitrogen and oxygen atoms in total. The molecule has 1 unspecified atom stereocenters. The third-order valence-corrected chi connectivity index (χ3v) is 13.2. The van der Waals surface area contributed by atoms with Gasteiger partial charge < -0.3 is 0 Å². The van der Waals surface area contributed by atoms with Crippen LogP contribution in [-0.2, 0) is 5.41 Å². The summed E-state index contributed by atoms with van der Waals surface area (Å²) in [6, 6.07) is 68.1. The molecule has 3 heterocycles. The third-order valence-electron chi connectivity index (χ3n) is 13.2. The summed E-state index contributed by atoms with van der Waals surface area (Å²) in [6.07, 6.45) is 10.1. The number of hydrogen-bond acceptors (Lipinski definition) is 4. The fraction of sp³-hybridized carbons (Fsp3) is 0.0169. The normalized spacial score (nSPS) is 14.7. The smallest absolute Gasteiger partial charge is 0.160 e. The Morgan fingerprint density at radius 2 is 0.937 bits per heavy atom. The van der Waals surface area contributed by atoms with E-state index in [-0.39, 0.29) is 0 Å². The molecule has 11 aromatic rings. The maximum Gasteiger partial charge on any atom is 0.160 e. The van der Waals surface area contributed by atoms with Crippen LogP contribution in [0, 0.1) is 0 Å². The van der Waals surface area contributed by atoms with Crippen molar-refractivity contribution < 1.29 is 0 Å². The highest BCUT2D eigenvalue weighted by molar-refractivity contribution is 6.26. The van der Waals surface area contributed by atoms with Gasteiger partial charge in [0.15, 0.2) is 5.82 Å². The molecule has 2 aliphatic carbocycles. The van der Waals surface area contributed by atoms with Gasteiger partial charge in [-0.2, -0.15) is 0 Å². The van der Waals surface area contributed by atoms with Crippen LogP contribution in [0.25, 0.3) is 101 Å². The van der Waals surface area contributed by atoms with E-state index >= 15 is 0 Å². The maximum atomic E-state index is 5.34. The van der Waals surface area contributed by atoms with Crippen LogP contribution in [-0.4, -0.2) is 19.9 Å². The summed E-state index contributed by atoms with van der Waals surface area (Å²) in [5.41, 5.74) is 15.6. The summed E-state index contributed by atoms with van der Waals surface area (Å²) in [7, 11) is 0. The minimum Gasteiger partial charge on any atom is -0.264 e. The quantitative estimate of drug-likeness (QED) is 0.166. The SMILES string of the molecule is C1=Cc2ccc(-c3nc(-c4ccccc4)cc(-c4ccc(-c5cccnc5)nc4)n3)cc2C2(c3ccccc31)c1ccccc1-c1cc3c4ccccc4c4ccccc4c3cc12. The van der Waals surface area contributed by atoms with Gasteiger partial charge in [0, 0.05) is 40.8 Å². The average molecular weight is 801 g/mol. The van der Waals surface area contributed by atoms with Crippen molar-refractivity contribution in [2.45, 2.75) is 5.41 Å². The van der Waals surface area contributed by atoms with Gasteiger partial charge in [0.1, 0.15) is 0 Å². The zero-order chi connectivity index (χ0) is 41.5. The van der Waals surface area contributed by atoms with Crippen molar-refractivity contribution in [1.29, 1.82) is 0 Å². The van der Waals surface area contributed by atoms with E-state index in [1.807, 2.05) is 36.7 Å². The highest BCUT2D eigenvalue weighted by Gasteiger charge is 2.49.